The number of carbonyl (C=O) groups is 1. The Morgan fingerprint density at radius 2 is 1.83 bits per heavy atom. The number of anilines is 1. The highest BCUT2D eigenvalue weighted by Crippen LogP contribution is 2.23. The van der Waals surface area contributed by atoms with Crippen LogP contribution >= 0.6 is 0 Å². The normalized spacial score (nSPS) is 11.3. The first-order chi connectivity index (χ1) is 14.1. The molecule has 8 nitrogen and oxygen atoms in total. The second kappa shape index (κ2) is 8.66. The summed E-state index contributed by atoms with van der Waals surface area (Å²) in [6, 6.07) is 13.0. The van der Waals surface area contributed by atoms with E-state index in [0.29, 0.717) is 11.5 Å². The predicted octanol–water partition coefficient (Wildman–Crippen LogP) is 2.74. The van der Waals surface area contributed by atoms with Gasteiger partial charge < -0.3 is 9.84 Å². The molecule has 158 valence electrons. The van der Waals surface area contributed by atoms with E-state index in [9.17, 15) is 13.2 Å². The smallest absolute Gasteiger partial charge is 0.246 e. The maximum absolute atomic E-state index is 12.4. The number of hydrogen-bond acceptors (Lipinski definition) is 6. The van der Waals surface area contributed by atoms with E-state index in [-0.39, 0.29) is 19.0 Å². The summed E-state index contributed by atoms with van der Waals surface area (Å²) in [4.78, 5) is 16.7. The Hall–Kier alpha value is -3.20. The minimum Gasteiger partial charge on any atom is -0.345 e. The van der Waals surface area contributed by atoms with E-state index in [1.165, 1.54) is 0 Å². The van der Waals surface area contributed by atoms with E-state index in [2.05, 4.69) is 15.5 Å². The largest absolute Gasteiger partial charge is 0.345 e. The summed E-state index contributed by atoms with van der Waals surface area (Å²) in [6.45, 7) is 5.35. The van der Waals surface area contributed by atoms with Gasteiger partial charge in [0.05, 0.1) is 18.5 Å². The van der Waals surface area contributed by atoms with Gasteiger partial charge in [0.25, 0.3) is 0 Å². The third-order valence-corrected chi connectivity index (χ3v) is 5.62. The second-order valence-electron chi connectivity index (χ2n) is 7.22. The molecule has 0 unspecified atom stereocenters. The Bertz CT molecular complexity index is 1170. The van der Waals surface area contributed by atoms with E-state index in [1.807, 2.05) is 57.2 Å². The van der Waals surface area contributed by atoms with Crippen LogP contribution in [0.2, 0.25) is 0 Å². The molecule has 30 heavy (non-hydrogen) atoms. The fourth-order valence-electron chi connectivity index (χ4n) is 3.05. The van der Waals surface area contributed by atoms with Crippen LogP contribution < -0.4 is 9.62 Å². The second-order valence-corrected chi connectivity index (χ2v) is 9.12. The van der Waals surface area contributed by atoms with Gasteiger partial charge in [-0.05, 0) is 38.5 Å². The quantitative estimate of drug-likeness (QED) is 0.620. The minimum atomic E-state index is -3.65. The lowest BCUT2D eigenvalue weighted by atomic mass is 10.1. The molecule has 0 fully saturated rings. The molecule has 1 N–H and O–H groups in total. The number of amides is 1. The summed E-state index contributed by atoms with van der Waals surface area (Å²) in [7, 11) is -3.65. The van der Waals surface area contributed by atoms with Gasteiger partial charge in [-0.3, -0.25) is 9.10 Å². The molecule has 2 aromatic carbocycles. The Labute approximate surface area is 176 Å². The van der Waals surface area contributed by atoms with Crippen LogP contribution in [-0.4, -0.2) is 37.3 Å². The van der Waals surface area contributed by atoms with Crippen molar-refractivity contribution in [1.29, 1.82) is 0 Å². The molecule has 0 bridgehead atoms. The van der Waals surface area contributed by atoms with Crippen LogP contribution in [0, 0.1) is 20.8 Å². The van der Waals surface area contributed by atoms with Crippen LogP contribution in [-0.2, 0) is 21.4 Å². The van der Waals surface area contributed by atoms with Crippen LogP contribution in [0.1, 0.15) is 22.6 Å². The molecule has 0 aliphatic carbocycles. The van der Waals surface area contributed by atoms with E-state index in [0.717, 1.165) is 32.8 Å². The number of hydrogen-bond donors (Lipinski definition) is 1. The molecule has 1 amide bonds. The van der Waals surface area contributed by atoms with E-state index < -0.39 is 15.9 Å². The number of benzene rings is 2. The van der Waals surface area contributed by atoms with E-state index >= 15 is 0 Å². The highest BCUT2D eigenvalue weighted by atomic mass is 32.2. The van der Waals surface area contributed by atoms with Crippen molar-refractivity contribution in [3.05, 3.63) is 65.0 Å². The zero-order valence-electron chi connectivity index (χ0n) is 17.3. The summed E-state index contributed by atoms with van der Waals surface area (Å²) < 4.78 is 30.8. The predicted molar refractivity (Wildman–Crippen MR) is 114 cm³/mol. The van der Waals surface area contributed by atoms with Crippen molar-refractivity contribution in [2.45, 2.75) is 27.3 Å². The zero-order chi connectivity index (χ0) is 21.9. The lowest BCUT2D eigenvalue weighted by Gasteiger charge is -2.23. The van der Waals surface area contributed by atoms with Crippen molar-refractivity contribution in [3.63, 3.8) is 0 Å². The Morgan fingerprint density at radius 1 is 1.10 bits per heavy atom. The van der Waals surface area contributed by atoms with Crippen molar-refractivity contribution in [2.24, 2.45) is 0 Å². The molecule has 0 saturated heterocycles. The van der Waals surface area contributed by atoms with Gasteiger partial charge in [0, 0.05) is 5.56 Å². The molecule has 0 spiro atoms. The fourth-order valence-corrected chi connectivity index (χ4v) is 3.97. The van der Waals surface area contributed by atoms with E-state index in [1.54, 1.807) is 6.07 Å². The summed E-state index contributed by atoms with van der Waals surface area (Å²) >= 11 is 0. The molecule has 0 aliphatic rings. The van der Waals surface area contributed by atoms with Crippen LogP contribution in [0.3, 0.4) is 0 Å². The van der Waals surface area contributed by atoms with E-state index in [4.69, 9.17) is 4.52 Å². The number of carbonyl (C=O) groups excluding carboxylic acids is 1. The molecule has 9 heteroatoms. The average molecular weight is 429 g/mol. The number of aromatic nitrogens is 2. The molecule has 1 heterocycles. The minimum absolute atomic E-state index is 0.00211. The topological polar surface area (TPSA) is 105 Å². The van der Waals surface area contributed by atoms with Gasteiger partial charge in [-0.15, -0.1) is 0 Å². The third kappa shape index (κ3) is 5.24. The van der Waals surface area contributed by atoms with Crippen LogP contribution in [0.5, 0.6) is 0 Å². The molecule has 3 rings (SSSR count). The first kappa shape index (κ1) is 21.5. The summed E-state index contributed by atoms with van der Waals surface area (Å²) in [5.74, 6) is 0.184. The average Bonchev–Trinajstić information content (AvgIpc) is 3.13. The molecular weight excluding hydrogens is 404 g/mol. The van der Waals surface area contributed by atoms with Crippen molar-refractivity contribution < 1.29 is 17.7 Å². The summed E-state index contributed by atoms with van der Waals surface area (Å²) in [5.41, 5.74) is 4.13. The van der Waals surface area contributed by atoms with Crippen LogP contribution in [0.4, 0.5) is 5.69 Å². The molecule has 0 radical (unpaired) electrons. The maximum Gasteiger partial charge on any atom is 0.246 e. The van der Waals surface area contributed by atoms with Crippen molar-refractivity contribution in [3.8, 4) is 11.4 Å². The van der Waals surface area contributed by atoms with Crippen molar-refractivity contribution in [1.82, 2.24) is 15.5 Å². The van der Waals surface area contributed by atoms with Gasteiger partial charge in [0.15, 0.2) is 0 Å². The van der Waals surface area contributed by atoms with Gasteiger partial charge in [0.1, 0.15) is 6.54 Å². The molecule has 3 aromatic rings. The molecular formula is C21H24N4O4S. The van der Waals surface area contributed by atoms with Crippen LogP contribution in [0.15, 0.2) is 47.0 Å². The standard InChI is InChI=1S/C21H24N4O4S/c1-14-6-5-7-17(11-14)21-23-20(29-24-21)12-22-19(26)13-25(30(4,27)28)18-9-8-15(2)10-16(18)3/h5-11H,12-13H2,1-4H3,(H,22,26). The monoisotopic (exact) mass is 428 g/mol. The zero-order valence-corrected chi connectivity index (χ0v) is 18.2. The Kier molecular flexibility index (Phi) is 6.21. The number of nitrogens with one attached hydrogen (secondary N) is 1. The van der Waals surface area contributed by atoms with Crippen LogP contribution in [0.25, 0.3) is 11.4 Å². The summed E-state index contributed by atoms with van der Waals surface area (Å²) in [6.07, 6.45) is 1.08. The lowest BCUT2D eigenvalue weighted by molar-refractivity contribution is -0.119. The lowest BCUT2D eigenvalue weighted by Crippen LogP contribution is -2.40. The van der Waals surface area contributed by atoms with Gasteiger partial charge in [-0.2, -0.15) is 4.98 Å². The highest BCUT2D eigenvalue weighted by molar-refractivity contribution is 7.92. The number of nitrogens with zero attached hydrogens (tertiary/aromatic N) is 3. The first-order valence-electron chi connectivity index (χ1n) is 9.35. The third-order valence-electron chi connectivity index (χ3n) is 4.49. The van der Waals surface area contributed by atoms with Gasteiger partial charge >= 0.3 is 0 Å². The van der Waals surface area contributed by atoms with Gasteiger partial charge in [-0.25, -0.2) is 8.42 Å². The highest BCUT2D eigenvalue weighted by Gasteiger charge is 2.22. The SMILES string of the molecule is Cc1cccc(-c2noc(CNC(=O)CN(c3ccc(C)cc3C)S(C)(=O)=O)n2)c1. The van der Waals surface area contributed by atoms with Crippen molar-refractivity contribution >= 4 is 21.6 Å². The summed E-state index contributed by atoms with van der Waals surface area (Å²) in [5, 5.41) is 6.57. The first-order valence-corrected chi connectivity index (χ1v) is 11.2. The maximum atomic E-state index is 12.4. The molecule has 0 atom stereocenters. The fraction of sp³-hybridized carbons (Fsp3) is 0.286. The number of sulfonamides is 1. The number of aryl methyl sites for hydroxylation is 3. The van der Waals surface area contributed by atoms with Gasteiger partial charge in [-0.1, -0.05) is 46.6 Å². The Morgan fingerprint density at radius 3 is 2.50 bits per heavy atom. The van der Waals surface area contributed by atoms with Crippen molar-refractivity contribution in [2.75, 3.05) is 17.1 Å². The molecule has 0 saturated carbocycles. The molecule has 1 aromatic heterocycles. The van der Waals surface area contributed by atoms with Gasteiger partial charge in [0.2, 0.25) is 27.6 Å². The number of rotatable bonds is 7. The molecule has 0 aliphatic heterocycles. The Balaban J connectivity index is 1.68.